The average Bonchev–Trinajstić information content (AvgIpc) is 2.91. The molecular formula is C14H15N3S. The zero-order valence-electron chi connectivity index (χ0n) is 10.4. The molecule has 0 bridgehead atoms. The lowest BCUT2D eigenvalue weighted by Gasteiger charge is -2.04. The van der Waals surface area contributed by atoms with Gasteiger partial charge in [0, 0.05) is 5.38 Å². The maximum absolute atomic E-state index is 6.23. The van der Waals surface area contributed by atoms with E-state index in [0.29, 0.717) is 5.92 Å². The molecule has 2 heterocycles. The molecule has 4 heteroatoms. The summed E-state index contributed by atoms with van der Waals surface area (Å²) in [6, 6.07) is 10.3. The SMILES string of the molecule is CC(C)c1nc2scc(-c3ccccc3)n2c1N. The second-order valence-electron chi connectivity index (χ2n) is 4.64. The molecule has 0 saturated heterocycles. The molecule has 18 heavy (non-hydrogen) atoms. The van der Waals surface area contributed by atoms with E-state index >= 15 is 0 Å². The van der Waals surface area contributed by atoms with Gasteiger partial charge >= 0.3 is 0 Å². The first-order valence-electron chi connectivity index (χ1n) is 5.99. The Labute approximate surface area is 110 Å². The van der Waals surface area contributed by atoms with Crippen molar-refractivity contribution in [3.63, 3.8) is 0 Å². The van der Waals surface area contributed by atoms with Crippen molar-refractivity contribution in [2.75, 3.05) is 5.73 Å². The summed E-state index contributed by atoms with van der Waals surface area (Å²) in [6.45, 7) is 4.23. The Kier molecular flexibility index (Phi) is 2.59. The topological polar surface area (TPSA) is 43.3 Å². The molecule has 2 aromatic heterocycles. The highest BCUT2D eigenvalue weighted by Gasteiger charge is 2.16. The smallest absolute Gasteiger partial charge is 0.196 e. The normalized spacial score (nSPS) is 11.5. The number of hydrogen-bond acceptors (Lipinski definition) is 3. The van der Waals surface area contributed by atoms with Gasteiger partial charge in [-0.2, -0.15) is 0 Å². The van der Waals surface area contributed by atoms with Gasteiger partial charge in [-0.1, -0.05) is 44.2 Å². The fourth-order valence-corrected chi connectivity index (χ4v) is 3.04. The second-order valence-corrected chi connectivity index (χ2v) is 5.48. The third kappa shape index (κ3) is 1.61. The quantitative estimate of drug-likeness (QED) is 0.759. The zero-order valence-corrected chi connectivity index (χ0v) is 11.2. The minimum absolute atomic E-state index is 0.348. The van der Waals surface area contributed by atoms with Gasteiger partial charge < -0.3 is 5.73 Å². The van der Waals surface area contributed by atoms with Gasteiger partial charge in [0.15, 0.2) is 4.96 Å². The second kappa shape index (κ2) is 4.14. The van der Waals surface area contributed by atoms with E-state index in [0.717, 1.165) is 22.2 Å². The Bertz CT molecular complexity index is 680. The van der Waals surface area contributed by atoms with Crippen molar-refractivity contribution in [2.45, 2.75) is 19.8 Å². The van der Waals surface area contributed by atoms with E-state index in [1.807, 2.05) is 18.2 Å². The van der Waals surface area contributed by atoms with Gasteiger partial charge in [-0.25, -0.2) is 4.98 Å². The van der Waals surface area contributed by atoms with Crippen LogP contribution in [0.5, 0.6) is 0 Å². The number of nitrogens with zero attached hydrogens (tertiary/aromatic N) is 2. The van der Waals surface area contributed by atoms with Crippen LogP contribution in [0.2, 0.25) is 0 Å². The summed E-state index contributed by atoms with van der Waals surface area (Å²) in [4.78, 5) is 5.58. The predicted molar refractivity (Wildman–Crippen MR) is 77.0 cm³/mol. The zero-order chi connectivity index (χ0) is 12.7. The molecular weight excluding hydrogens is 242 g/mol. The Morgan fingerprint density at radius 1 is 1.22 bits per heavy atom. The van der Waals surface area contributed by atoms with Crippen molar-refractivity contribution in [3.8, 4) is 11.3 Å². The first-order chi connectivity index (χ1) is 8.68. The van der Waals surface area contributed by atoms with Gasteiger partial charge in [0.05, 0.1) is 11.4 Å². The van der Waals surface area contributed by atoms with Crippen molar-refractivity contribution in [1.29, 1.82) is 0 Å². The number of nitrogens with two attached hydrogens (primary N) is 1. The Balaban J connectivity index is 2.26. The van der Waals surface area contributed by atoms with Crippen LogP contribution in [0, 0.1) is 0 Å². The number of aromatic nitrogens is 2. The average molecular weight is 257 g/mol. The standard InChI is InChI=1S/C14H15N3S/c1-9(2)12-13(15)17-11(8-18-14(17)16-12)10-6-4-3-5-7-10/h3-9H,15H2,1-2H3. The van der Waals surface area contributed by atoms with Crippen molar-refractivity contribution >= 4 is 22.1 Å². The van der Waals surface area contributed by atoms with Crippen LogP contribution in [0.1, 0.15) is 25.5 Å². The Hall–Kier alpha value is -1.81. The summed E-state index contributed by atoms with van der Waals surface area (Å²) in [5, 5.41) is 2.11. The number of anilines is 1. The molecule has 0 aliphatic carbocycles. The van der Waals surface area contributed by atoms with Crippen molar-refractivity contribution in [3.05, 3.63) is 41.4 Å². The van der Waals surface area contributed by atoms with Gasteiger partial charge in [0.2, 0.25) is 0 Å². The molecule has 0 aliphatic rings. The molecule has 0 radical (unpaired) electrons. The molecule has 92 valence electrons. The fraction of sp³-hybridized carbons (Fsp3) is 0.214. The van der Waals surface area contributed by atoms with Gasteiger partial charge in [-0.15, -0.1) is 11.3 Å². The summed E-state index contributed by atoms with van der Waals surface area (Å²) in [5.74, 6) is 1.11. The molecule has 3 aromatic rings. The van der Waals surface area contributed by atoms with Crippen LogP contribution in [0.25, 0.3) is 16.2 Å². The van der Waals surface area contributed by atoms with Crippen LogP contribution in [0.4, 0.5) is 5.82 Å². The highest BCUT2D eigenvalue weighted by molar-refractivity contribution is 7.15. The highest BCUT2D eigenvalue weighted by Crippen LogP contribution is 2.32. The van der Waals surface area contributed by atoms with Crippen molar-refractivity contribution in [2.24, 2.45) is 0 Å². The lowest BCUT2D eigenvalue weighted by molar-refractivity contribution is 0.838. The van der Waals surface area contributed by atoms with Gasteiger partial charge in [0.1, 0.15) is 5.82 Å². The van der Waals surface area contributed by atoms with Crippen LogP contribution in [-0.2, 0) is 0 Å². The summed E-state index contributed by atoms with van der Waals surface area (Å²) >= 11 is 1.63. The minimum Gasteiger partial charge on any atom is -0.383 e. The van der Waals surface area contributed by atoms with Crippen molar-refractivity contribution in [1.82, 2.24) is 9.38 Å². The number of thiazole rings is 1. The lowest BCUT2D eigenvalue weighted by Crippen LogP contribution is -1.98. The molecule has 0 spiro atoms. The van der Waals surface area contributed by atoms with Crippen LogP contribution in [0.3, 0.4) is 0 Å². The van der Waals surface area contributed by atoms with E-state index in [4.69, 9.17) is 5.73 Å². The van der Waals surface area contributed by atoms with E-state index in [1.165, 1.54) is 5.56 Å². The molecule has 0 fully saturated rings. The molecule has 0 unspecified atom stereocenters. The maximum Gasteiger partial charge on any atom is 0.196 e. The van der Waals surface area contributed by atoms with Crippen LogP contribution >= 0.6 is 11.3 Å². The molecule has 0 aliphatic heterocycles. The van der Waals surface area contributed by atoms with E-state index in [9.17, 15) is 0 Å². The monoisotopic (exact) mass is 257 g/mol. The van der Waals surface area contributed by atoms with E-state index in [2.05, 4.69) is 40.7 Å². The number of rotatable bonds is 2. The summed E-state index contributed by atoms with van der Waals surface area (Å²) in [7, 11) is 0. The molecule has 3 nitrogen and oxygen atoms in total. The molecule has 0 saturated carbocycles. The first-order valence-corrected chi connectivity index (χ1v) is 6.87. The number of nitrogen functional groups attached to an aromatic ring is 1. The van der Waals surface area contributed by atoms with Crippen LogP contribution in [-0.4, -0.2) is 9.38 Å². The number of imidazole rings is 1. The minimum atomic E-state index is 0.348. The molecule has 0 atom stereocenters. The molecule has 0 amide bonds. The van der Waals surface area contributed by atoms with E-state index < -0.39 is 0 Å². The third-order valence-electron chi connectivity index (χ3n) is 3.04. The Morgan fingerprint density at radius 3 is 2.61 bits per heavy atom. The van der Waals surface area contributed by atoms with Crippen molar-refractivity contribution < 1.29 is 0 Å². The third-order valence-corrected chi connectivity index (χ3v) is 3.87. The van der Waals surface area contributed by atoms with Gasteiger partial charge in [-0.3, -0.25) is 4.40 Å². The number of benzene rings is 1. The van der Waals surface area contributed by atoms with E-state index in [-0.39, 0.29) is 0 Å². The number of hydrogen-bond donors (Lipinski definition) is 1. The number of fused-ring (bicyclic) bond motifs is 1. The molecule has 3 rings (SSSR count). The van der Waals surface area contributed by atoms with Crippen LogP contribution < -0.4 is 5.73 Å². The van der Waals surface area contributed by atoms with Gasteiger partial charge in [-0.05, 0) is 11.5 Å². The summed E-state index contributed by atoms with van der Waals surface area (Å²) in [5.41, 5.74) is 9.50. The predicted octanol–water partition coefficient (Wildman–Crippen LogP) is 3.77. The largest absolute Gasteiger partial charge is 0.383 e. The highest BCUT2D eigenvalue weighted by atomic mass is 32.1. The van der Waals surface area contributed by atoms with E-state index in [1.54, 1.807) is 11.3 Å². The molecule has 2 N–H and O–H groups in total. The summed E-state index contributed by atoms with van der Waals surface area (Å²) < 4.78 is 2.05. The Morgan fingerprint density at radius 2 is 1.94 bits per heavy atom. The van der Waals surface area contributed by atoms with Gasteiger partial charge in [0.25, 0.3) is 0 Å². The van der Waals surface area contributed by atoms with Crippen LogP contribution in [0.15, 0.2) is 35.7 Å². The fourth-order valence-electron chi connectivity index (χ4n) is 2.13. The summed E-state index contributed by atoms with van der Waals surface area (Å²) in [6.07, 6.45) is 0. The molecule has 1 aromatic carbocycles. The first kappa shape index (κ1) is 11.3. The lowest BCUT2D eigenvalue weighted by atomic mass is 10.1. The maximum atomic E-state index is 6.23.